The standard InChI is InChI=1S/C12H17N5O2S/c1-7(10-13-6-14-16-10)15-11(19)8-5-20-12(2)4-3-9(18)17(8)12/h6-8H,3-5H2,1-2H3,(H,15,19)(H,13,14,16). The van der Waals surface area contributed by atoms with Gasteiger partial charge in [0.05, 0.1) is 10.9 Å². The van der Waals surface area contributed by atoms with Crippen molar-refractivity contribution in [2.45, 2.75) is 43.6 Å². The van der Waals surface area contributed by atoms with Crippen LogP contribution in [0.1, 0.15) is 38.6 Å². The molecule has 0 bridgehead atoms. The van der Waals surface area contributed by atoms with E-state index in [1.807, 2.05) is 13.8 Å². The summed E-state index contributed by atoms with van der Waals surface area (Å²) < 4.78 is 0. The number of H-pyrrole nitrogens is 1. The van der Waals surface area contributed by atoms with Gasteiger partial charge in [-0.1, -0.05) is 0 Å². The third kappa shape index (κ3) is 2.07. The molecule has 20 heavy (non-hydrogen) atoms. The number of amides is 2. The fraction of sp³-hybridized carbons (Fsp3) is 0.667. The van der Waals surface area contributed by atoms with Gasteiger partial charge in [-0.25, -0.2) is 4.98 Å². The van der Waals surface area contributed by atoms with Crippen LogP contribution in [0.25, 0.3) is 0 Å². The summed E-state index contributed by atoms with van der Waals surface area (Å²) in [6, 6.07) is -0.634. The van der Waals surface area contributed by atoms with Crippen LogP contribution in [-0.2, 0) is 9.59 Å². The van der Waals surface area contributed by atoms with Crippen molar-refractivity contribution < 1.29 is 9.59 Å². The van der Waals surface area contributed by atoms with Crippen LogP contribution in [0.2, 0.25) is 0 Å². The smallest absolute Gasteiger partial charge is 0.244 e. The van der Waals surface area contributed by atoms with Gasteiger partial charge in [-0.3, -0.25) is 14.7 Å². The Labute approximate surface area is 120 Å². The molecule has 2 aliphatic rings. The molecule has 2 aliphatic heterocycles. The molecule has 2 N–H and O–H groups in total. The van der Waals surface area contributed by atoms with Gasteiger partial charge in [0.15, 0.2) is 0 Å². The number of thioether (sulfide) groups is 1. The van der Waals surface area contributed by atoms with Crippen molar-refractivity contribution in [1.29, 1.82) is 0 Å². The Morgan fingerprint density at radius 1 is 1.70 bits per heavy atom. The predicted octanol–water partition coefficient (Wildman–Crippen LogP) is 0.436. The van der Waals surface area contributed by atoms with E-state index in [4.69, 9.17) is 0 Å². The Morgan fingerprint density at radius 3 is 3.20 bits per heavy atom. The van der Waals surface area contributed by atoms with Crippen molar-refractivity contribution in [2.24, 2.45) is 0 Å². The number of aromatic amines is 1. The number of fused-ring (bicyclic) bond motifs is 1. The molecule has 2 saturated heterocycles. The second kappa shape index (κ2) is 4.76. The number of nitrogens with zero attached hydrogens (tertiary/aromatic N) is 3. The molecule has 3 atom stereocenters. The monoisotopic (exact) mass is 295 g/mol. The van der Waals surface area contributed by atoms with E-state index in [1.54, 1.807) is 16.7 Å². The van der Waals surface area contributed by atoms with E-state index in [0.29, 0.717) is 18.0 Å². The van der Waals surface area contributed by atoms with Crippen LogP contribution in [0.3, 0.4) is 0 Å². The maximum absolute atomic E-state index is 12.4. The first-order valence-corrected chi connectivity index (χ1v) is 7.61. The molecule has 7 nitrogen and oxygen atoms in total. The highest BCUT2D eigenvalue weighted by Crippen LogP contribution is 2.47. The Balaban J connectivity index is 1.70. The van der Waals surface area contributed by atoms with Gasteiger partial charge in [0.25, 0.3) is 0 Å². The summed E-state index contributed by atoms with van der Waals surface area (Å²) in [6.07, 6.45) is 2.76. The molecule has 2 fully saturated rings. The highest BCUT2D eigenvalue weighted by molar-refractivity contribution is 8.01. The van der Waals surface area contributed by atoms with Gasteiger partial charge in [0.1, 0.15) is 18.2 Å². The van der Waals surface area contributed by atoms with Gasteiger partial charge in [-0.05, 0) is 20.3 Å². The first-order chi connectivity index (χ1) is 9.51. The molecule has 108 valence electrons. The zero-order valence-electron chi connectivity index (χ0n) is 11.4. The average Bonchev–Trinajstić information content (AvgIpc) is 3.08. The highest BCUT2D eigenvalue weighted by Gasteiger charge is 2.52. The molecule has 2 amide bonds. The Hall–Kier alpha value is -1.57. The minimum absolute atomic E-state index is 0.0740. The van der Waals surface area contributed by atoms with E-state index in [0.717, 1.165) is 6.42 Å². The van der Waals surface area contributed by atoms with Crippen molar-refractivity contribution in [1.82, 2.24) is 25.4 Å². The second-order valence-electron chi connectivity index (χ2n) is 5.37. The number of aromatic nitrogens is 3. The molecule has 8 heteroatoms. The number of carbonyl (C=O) groups is 2. The summed E-state index contributed by atoms with van der Waals surface area (Å²) in [4.78, 5) is 30.0. The van der Waals surface area contributed by atoms with Crippen LogP contribution in [0, 0.1) is 0 Å². The van der Waals surface area contributed by atoms with Crippen LogP contribution < -0.4 is 5.32 Å². The van der Waals surface area contributed by atoms with Crippen molar-refractivity contribution >= 4 is 23.6 Å². The molecule has 1 aromatic rings. The first-order valence-electron chi connectivity index (χ1n) is 6.63. The van der Waals surface area contributed by atoms with Gasteiger partial charge in [0.2, 0.25) is 11.8 Å². The van der Waals surface area contributed by atoms with E-state index < -0.39 is 0 Å². The van der Waals surface area contributed by atoms with Crippen LogP contribution in [0.5, 0.6) is 0 Å². The number of carbonyl (C=O) groups excluding carboxylic acids is 2. The molecule has 3 unspecified atom stereocenters. The zero-order chi connectivity index (χ0) is 14.3. The van der Waals surface area contributed by atoms with E-state index in [1.165, 1.54) is 6.33 Å². The average molecular weight is 295 g/mol. The largest absolute Gasteiger partial charge is 0.345 e. The number of nitrogens with one attached hydrogen (secondary N) is 2. The molecule has 1 aromatic heterocycles. The topological polar surface area (TPSA) is 91.0 Å². The minimum Gasteiger partial charge on any atom is -0.345 e. The SMILES string of the molecule is CC(NC(=O)C1CSC2(C)CCC(=O)N12)c1ncn[nH]1. The van der Waals surface area contributed by atoms with Crippen LogP contribution in [-0.4, -0.2) is 48.6 Å². The van der Waals surface area contributed by atoms with Gasteiger partial charge < -0.3 is 10.2 Å². The summed E-state index contributed by atoms with van der Waals surface area (Å²) in [7, 11) is 0. The van der Waals surface area contributed by atoms with Gasteiger partial charge >= 0.3 is 0 Å². The third-order valence-corrected chi connectivity index (χ3v) is 5.46. The predicted molar refractivity (Wildman–Crippen MR) is 73.7 cm³/mol. The lowest BCUT2D eigenvalue weighted by molar-refractivity contribution is -0.138. The van der Waals surface area contributed by atoms with E-state index in [2.05, 4.69) is 20.5 Å². The molecular weight excluding hydrogens is 278 g/mol. The molecular formula is C12H17N5O2S. The molecule has 0 aromatic carbocycles. The molecule has 3 heterocycles. The summed E-state index contributed by atoms with van der Waals surface area (Å²) >= 11 is 1.69. The van der Waals surface area contributed by atoms with Crippen LogP contribution >= 0.6 is 11.8 Å². The number of hydrogen-bond acceptors (Lipinski definition) is 5. The van der Waals surface area contributed by atoms with Crippen LogP contribution in [0.15, 0.2) is 6.33 Å². The lowest BCUT2D eigenvalue weighted by atomic mass is 10.2. The summed E-state index contributed by atoms with van der Waals surface area (Å²) in [5.41, 5.74) is 0. The molecule has 0 spiro atoms. The normalized spacial score (nSPS) is 30.4. The van der Waals surface area contributed by atoms with E-state index >= 15 is 0 Å². The maximum atomic E-state index is 12.4. The fourth-order valence-electron chi connectivity index (χ4n) is 2.82. The van der Waals surface area contributed by atoms with Crippen LogP contribution in [0.4, 0.5) is 0 Å². The highest BCUT2D eigenvalue weighted by atomic mass is 32.2. The Bertz CT molecular complexity index is 534. The Morgan fingerprint density at radius 2 is 2.50 bits per heavy atom. The van der Waals surface area contributed by atoms with Crippen molar-refractivity contribution in [2.75, 3.05) is 5.75 Å². The lowest BCUT2D eigenvalue weighted by Gasteiger charge is -2.30. The molecule has 0 aliphatic carbocycles. The second-order valence-corrected chi connectivity index (χ2v) is 6.87. The van der Waals surface area contributed by atoms with E-state index in [9.17, 15) is 9.59 Å². The van der Waals surface area contributed by atoms with E-state index in [-0.39, 0.29) is 28.8 Å². The van der Waals surface area contributed by atoms with Gasteiger partial charge in [-0.2, -0.15) is 5.10 Å². The minimum atomic E-state index is -0.384. The van der Waals surface area contributed by atoms with Gasteiger partial charge in [-0.15, -0.1) is 11.8 Å². The fourth-order valence-corrected chi connectivity index (χ4v) is 4.25. The zero-order valence-corrected chi connectivity index (χ0v) is 12.2. The van der Waals surface area contributed by atoms with Crippen molar-refractivity contribution in [3.05, 3.63) is 12.2 Å². The first kappa shape index (κ1) is 13.4. The van der Waals surface area contributed by atoms with Crippen molar-refractivity contribution in [3.63, 3.8) is 0 Å². The van der Waals surface area contributed by atoms with Crippen molar-refractivity contribution in [3.8, 4) is 0 Å². The number of rotatable bonds is 3. The molecule has 3 rings (SSSR count). The molecule has 0 radical (unpaired) electrons. The summed E-state index contributed by atoms with van der Waals surface area (Å²) in [5, 5.41) is 9.40. The molecule has 0 saturated carbocycles. The summed E-state index contributed by atoms with van der Waals surface area (Å²) in [5.74, 6) is 1.21. The maximum Gasteiger partial charge on any atom is 0.244 e. The quantitative estimate of drug-likeness (QED) is 0.844. The third-order valence-electron chi connectivity index (χ3n) is 3.95. The lowest BCUT2D eigenvalue weighted by Crippen LogP contribution is -2.50. The number of hydrogen-bond donors (Lipinski definition) is 2. The Kier molecular flexibility index (Phi) is 3.19. The summed E-state index contributed by atoms with van der Waals surface area (Å²) in [6.45, 7) is 3.88. The van der Waals surface area contributed by atoms with Gasteiger partial charge in [0, 0.05) is 12.2 Å².